The molecule has 2 aromatic rings. The van der Waals surface area contributed by atoms with Crippen LogP contribution in [0.2, 0.25) is 0 Å². The molecule has 1 unspecified atom stereocenters. The van der Waals surface area contributed by atoms with E-state index in [9.17, 15) is 21.6 Å². The summed E-state index contributed by atoms with van der Waals surface area (Å²) < 4.78 is 63.6. The van der Waals surface area contributed by atoms with Crippen LogP contribution in [0.4, 0.5) is 18.9 Å². The van der Waals surface area contributed by atoms with Gasteiger partial charge < -0.3 is 5.11 Å². The van der Waals surface area contributed by atoms with E-state index in [2.05, 4.69) is 4.72 Å². The van der Waals surface area contributed by atoms with Crippen molar-refractivity contribution in [2.24, 2.45) is 0 Å². The maximum atomic E-state index is 12.4. The molecular formula is C13H12F3NO3S2. The quantitative estimate of drug-likeness (QED) is 0.887. The number of nitrogens with one attached hydrogen (secondary N) is 1. The summed E-state index contributed by atoms with van der Waals surface area (Å²) in [7, 11) is -3.77. The van der Waals surface area contributed by atoms with Crippen LogP contribution in [0.5, 0.6) is 0 Å². The lowest BCUT2D eigenvalue weighted by Gasteiger charge is -2.15. The molecule has 4 nitrogen and oxygen atoms in total. The summed E-state index contributed by atoms with van der Waals surface area (Å²) >= 11 is 1.09. The van der Waals surface area contributed by atoms with Gasteiger partial charge in [0.2, 0.25) is 0 Å². The Bertz CT molecular complexity index is 752. The number of aliphatic hydroxyl groups excluding tert-OH is 1. The van der Waals surface area contributed by atoms with Gasteiger partial charge in [0, 0.05) is 10.6 Å². The van der Waals surface area contributed by atoms with E-state index >= 15 is 0 Å². The molecule has 0 aliphatic carbocycles. The monoisotopic (exact) mass is 351 g/mol. The van der Waals surface area contributed by atoms with Crippen LogP contribution < -0.4 is 4.72 Å². The molecule has 0 aliphatic heterocycles. The smallest absolute Gasteiger partial charge is 0.379 e. The van der Waals surface area contributed by atoms with Crippen LogP contribution >= 0.6 is 11.3 Å². The number of hydrogen-bond donors (Lipinski definition) is 2. The number of halogens is 3. The molecule has 0 spiro atoms. The first-order valence-electron chi connectivity index (χ1n) is 6.03. The van der Waals surface area contributed by atoms with Crippen LogP contribution in [0.25, 0.3) is 0 Å². The van der Waals surface area contributed by atoms with Crippen molar-refractivity contribution in [3.05, 3.63) is 46.8 Å². The van der Waals surface area contributed by atoms with Crippen molar-refractivity contribution in [3.63, 3.8) is 0 Å². The van der Waals surface area contributed by atoms with E-state index in [0.717, 1.165) is 28.3 Å². The number of hydrogen-bond acceptors (Lipinski definition) is 4. The van der Waals surface area contributed by atoms with Crippen LogP contribution in [0, 0.1) is 6.92 Å². The zero-order valence-corrected chi connectivity index (χ0v) is 12.9. The fourth-order valence-corrected chi connectivity index (χ4v) is 4.03. The van der Waals surface area contributed by atoms with Gasteiger partial charge in [-0.3, -0.25) is 4.72 Å². The minimum Gasteiger partial charge on any atom is -0.379 e. The molecule has 2 rings (SSSR count). The number of thiophene rings is 1. The number of alkyl halides is 3. The normalized spacial score (nSPS) is 13.9. The van der Waals surface area contributed by atoms with Gasteiger partial charge in [-0.25, -0.2) is 8.42 Å². The summed E-state index contributed by atoms with van der Waals surface area (Å²) in [6, 6.07) is 7.49. The topological polar surface area (TPSA) is 66.4 Å². The predicted octanol–water partition coefficient (Wildman–Crippen LogP) is 3.45. The Hall–Kier alpha value is -1.58. The minimum absolute atomic E-state index is 0.115. The van der Waals surface area contributed by atoms with Crippen molar-refractivity contribution >= 4 is 27.0 Å². The zero-order valence-electron chi connectivity index (χ0n) is 11.3. The number of sulfonamides is 1. The second-order valence-corrected chi connectivity index (χ2v) is 7.73. The maximum absolute atomic E-state index is 12.4. The molecular weight excluding hydrogens is 339 g/mol. The van der Waals surface area contributed by atoms with Gasteiger partial charge in [-0.2, -0.15) is 13.2 Å². The molecule has 1 atom stereocenters. The van der Waals surface area contributed by atoms with Gasteiger partial charge in [0.15, 0.2) is 6.10 Å². The highest BCUT2D eigenvalue weighted by Gasteiger charge is 2.39. The van der Waals surface area contributed by atoms with E-state index in [1.54, 1.807) is 13.0 Å². The number of aliphatic hydroxyl groups is 1. The first-order valence-corrected chi connectivity index (χ1v) is 8.33. The Balaban J connectivity index is 2.18. The second kappa shape index (κ2) is 5.90. The van der Waals surface area contributed by atoms with Crippen LogP contribution in [0.3, 0.4) is 0 Å². The van der Waals surface area contributed by atoms with Gasteiger partial charge in [-0.15, -0.1) is 11.3 Å². The highest BCUT2D eigenvalue weighted by molar-refractivity contribution is 7.94. The van der Waals surface area contributed by atoms with Crippen LogP contribution in [-0.2, 0) is 10.0 Å². The van der Waals surface area contributed by atoms with Crippen molar-refractivity contribution in [1.29, 1.82) is 0 Å². The maximum Gasteiger partial charge on any atom is 0.418 e. The summed E-state index contributed by atoms with van der Waals surface area (Å²) in [4.78, 5) is 0.823. The van der Waals surface area contributed by atoms with E-state index in [1.807, 2.05) is 0 Å². The molecule has 0 bridgehead atoms. The Kier molecular flexibility index (Phi) is 4.50. The Morgan fingerprint density at radius 1 is 1.14 bits per heavy atom. The third kappa shape index (κ3) is 3.79. The molecule has 120 valence electrons. The molecule has 0 saturated heterocycles. The molecule has 1 aromatic heterocycles. The van der Waals surface area contributed by atoms with Gasteiger partial charge in [0.05, 0.1) is 0 Å². The number of benzene rings is 1. The van der Waals surface area contributed by atoms with Gasteiger partial charge in [0.1, 0.15) is 4.21 Å². The standard InChI is InChI=1S/C13H12F3NO3S2/c1-8-2-7-11(21-8)22(19,20)17-10-5-3-9(4-6-10)12(18)13(14,15)16/h2-7,12,17-18H,1H3. The van der Waals surface area contributed by atoms with E-state index < -0.39 is 22.3 Å². The number of anilines is 1. The van der Waals surface area contributed by atoms with Crippen molar-refractivity contribution < 1.29 is 26.7 Å². The Morgan fingerprint density at radius 3 is 2.18 bits per heavy atom. The molecule has 0 radical (unpaired) electrons. The molecule has 9 heteroatoms. The van der Waals surface area contributed by atoms with Crippen LogP contribution in [-0.4, -0.2) is 19.7 Å². The molecule has 1 aromatic carbocycles. The fourth-order valence-electron chi connectivity index (χ4n) is 1.68. The van der Waals surface area contributed by atoms with Crippen molar-refractivity contribution in [1.82, 2.24) is 0 Å². The lowest BCUT2D eigenvalue weighted by molar-refractivity contribution is -0.206. The van der Waals surface area contributed by atoms with Gasteiger partial charge in [-0.05, 0) is 36.8 Å². The zero-order chi connectivity index (χ0) is 16.5. The van der Waals surface area contributed by atoms with E-state index in [0.29, 0.717) is 0 Å². The molecule has 1 heterocycles. The Morgan fingerprint density at radius 2 is 1.73 bits per heavy atom. The van der Waals surface area contributed by atoms with Gasteiger partial charge in [-0.1, -0.05) is 12.1 Å². The first-order chi connectivity index (χ1) is 10.1. The summed E-state index contributed by atoms with van der Waals surface area (Å²) in [5, 5.41) is 9.10. The molecule has 0 saturated carbocycles. The molecule has 0 aliphatic rings. The predicted molar refractivity (Wildman–Crippen MR) is 77.3 cm³/mol. The average Bonchev–Trinajstić information content (AvgIpc) is 2.85. The van der Waals surface area contributed by atoms with Crippen molar-refractivity contribution in [2.45, 2.75) is 23.4 Å². The largest absolute Gasteiger partial charge is 0.418 e. The highest BCUT2D eigenvalue weighted by Crippen LogP contribution is 2.33. The summed E-state index contributed by atoms with van der Waals surface area (Å²) in [5.41, 5.74) is -0.244. The van der Waals surface area contributed by atoms with Gasteiger partial charge >= 0.3 is 6.18 Å². The molecule has 0 amide bonds. The molecule has 22 heavy (non-hydrogen) atoms. The van der Waals surface area contributed by atoms with E-state index in [-0.39, 0.29) is 15.5 Å². The van der Waals surface area contributed by atoms with Crippen molar-refractivity contribution in [2.75, 3.05) is 4.72 Å². The summed E-state index contributed by atoms with van der Waals surface area (Å²) in [6.45, 7) is 1.76. The second-order valence-electron chi connectivity index (χ2n) is 4.54. The third-order valence-electron chi connectivity index (χ3n) is 2.77. The number of rotatable bonds is 4. The average molecular weight is 351 g/mol. The SMILES string of the molecule is Cc1ccc(S(=O)(=O)Nc2ccc(C(O)C(F)(F)F)cc2)s1. The molecule has 0 fully saturated rings. The van der Waals surface area contributed by atoms with Crippen LogP contribution in [0.15, 0.2) is 40.6 Å². The van der Waals surface area contributed by atoms with Gasteiger partial charge in [0.25, 0.3) is 10.0 Å². The minimum atomic E-state index is -4.77. The highest BCUT2D eigenvalue weighted by atomic mass is 32.2. The fraction of sp³-hybridized carbons (Fsp3) is 0.231. The molecule has 2 N–H and O–H groups in total. The lowest BCUT2D eigenvalue weighted by Crippen LogP contribution is -2.20. The van der Waals surface area contributed by atoms with Crippen molar-refractivity contribution in [3.8, 4) is 0 Å². The first kappa shape index (κ1) is 16.8. The summed E-state index contributed by atoms with van der Waals surface area (Å²) in [6.07, 6.45) is -7.37. The number of aryl methyl sites for hydroxylation is 1. The summed E-state index contributed by atoms with van der Waals surface area (Å²) in [5.74, 6) is 0. The van der Waals surface area contributed by atoms with E-state index in [1.165, 1.54) is 18.2 Å². The lowest BCUT2D eigenvalue weighted by atomic mass is 10.1. The van der Waals surface area contributed by atoms with E-state index in [4.69, 9.17) is 5.11 Å². The van der Waals surface area contributed by atoms with Crippen LogP contribution in [0.1, 0.15) is 16.5 Å². The third-order valence-corrected chi connectivity index (χ3v) is 5.64. The Labute approximate surface area is 129 Å².